The van der Waals surface area contributed by atoms with Crippen molar-refractivity contribution in [3.8, 4) is 0 Å². The average molecular weight is 232 g/mol. The van der Waals surface area contributed by atoms with Gasteiger partial charge in [0.25, 0.3) is 0 Å². The Balaban J connectivity index is 2.21. The van der Waals surface area contributed by atoms with E-state index in [-0.39, 0.29) is 0 Å². The molecule has 94 valence electrons. The van der Waals surface area contributed by atoms with Gasteiger partial charge < -0.3 is 10.2 Å². The first-order valence-corrected chi connectivity index (χ1v) is 6.65. The molecule has 1 aromatic carbocycles. The number of piperidine rings is 1. The first-order chi connectivity index (χ1) is 8.18. The number of rotatable bonds is 3. The summed E-state index contributed by atoms with van der Waals surface area (Å²) in [7, 11) is 4.37. The van der Waals surface area contributed by atoms with Crippen molar-refractivity contribution in [1.29, 1.82) is 0 Å². The lowest BCUT2D eigenvalue weighted by molar-refractivity contribution is 0.205. The highest BCUT2D eigenvalue weighted by atomic mass is 15.1. The van der Waals surface area contributed by atoms with Crippen LogP contribution in [0.15, 0.2) is 24.3 Å². The largest absolute Gasteiger partial charge is 0.312 e. The van der Waals surface area contributed by atoms with E-state index >= 15 is 0 Å². The van der Waals surface area contributed by atoms with Gasteiger partial charge in [-0.2, -0.15) is 0 Å². The van der Waals surface area contributed by atoms with E-state index in [9.17, 15) is 0 Å². The molecule has 2 heteroatoms. The van der Waals surface area contributed by atoms with Crippen molar-refractivity contribution in [2.45, 2.75) is 38.3 Å². The van der Waals surface area contributed by atoms with E-state index in [2.05, 4.69) is 55.5 Å². The van der Waals surface area contributed by atoms with E-state index in [1.165, 1.54) is 36.9 Å². The number of likely N-dealkylation sites (N-methyl/N-ethyl adjacent to an activating group) is 1. The molecule has 0 bridgehead atoms. The summed E-state index contributed by atoms with van der Waals surface area (Å²) in [5, 5.41) is 3.68. The molecule has 0 saturated carbocycles. The maximum Gasteiger partial charge on any atom is 0.0496 e. The molecule has 1 heterocycles. The minimum atomic E-state index is 0.496. The number of nitrogens with one attached hydrogen (secondary N) is 1. The van der Waals surface area contributed by atoms with Crippen LogP contribution in [0.1, 0.15) is 36.4 Å². The van der Waals surface area contributed by atoms with Gasteiger partial charge in [-0.1, -0.05) is 36.2 Å². The highest BCUT2D eigenvalue weighted by Crippen LogP contribution is 2.27. The van der Waals surface area contributed by atoms with Crippen LogP contribution < -0.4 is 5.32 Å². The molecule has 1 saturated heterocycles. The third-order valence-electron chi connectivity index (χ3n) is 3.67. The first-order valence-electron chi connectivity index (χ1n) is 6.65. The van der Waals surface area contributed by atoms with Gasteiger partial charge in [-0.25, -0.2) is 0 Å². The lowest BCUT2D eigenvalue weighted by Gasteiger charge is -2.36. The predicted octanol–water partition coefficient (Wildman–Crippen LogP) is 2.74. The second-order valence-electron chi connectivity index (χ2n) is 5.38. The Morgan fingerprint density at radius 1 is 1.29 bits per heavy atom. The Bertz CT molecular complexity index is 354. The maximum absolute atomic E-state index is 3.68. The molecular weight excluding hydrogens is 208 g/mol. The van der Waals surface area contributed by atoms with E-state index in [1.807, 2.05) is 0 Å². The molecule has 0 aliphatic carbocycles. The summed E-state index contributed by atoms with van der Waals surface area (Å²) in [5.74, 6) is 0. The lowest BCUT2D eigenvalue weighted by atomic mass is 9.91. The zero-order valence-corrected chi connectivity index (χ0v) is 11.2. The van der Waals surface area contributed by atoms with Gasteiger partial charge in [-0.15, -0.1) is 0 Å². The van der Waals surface area contributed by atoms with E-state index in [1.54, 1.807) is 0 Å². The van der Waals surface area contributed by atoms with Crippen LogP contribution in [0.4, 0.5) is 0 Å². The molecule has 0 amide bonds. The van der Waals surface area contributed by atoms with Crippen molar-refractivity contribution < 1.29 is 0 Å². The van der Waals surface area contributed by atoms with Gasteiger partial charge in [0.05, 0.1) is 0 Å². The van der Waals surface area contributed by atoms with Crippen LogP contribution in [-0.2, 0) is 0 Å². The quantitative estimate of drug-likeness (QED) is 0.862. The van der Waals surface area contributed by atoms with Gasteiger partial charge in [0.1, 0.15) is 0 Å². The highest BCUT2D eigenvalue weighted by Gasteiger charge is 2.26. The van der Waals surface area contributed by atoms with Crippen LogP contribution in [0, 0.1) is 6.92 Å². The van der Waals surface area contributed by atoms with Gasteiger partial charge in [-0.05, 0) is 46.0 Å². The summed E-state index contributed by atoms with van der Waals surface area (Å²) in [6, 6.07) is 10.0. The summed E-state index contributed by atoms with van der Waals surface area (Å²) in [5.41, 5.74) is 2.79. The van der Waals surface area contributed by atoms with Crippen molar-refractivity contribution in [3.63, 3.8) is 0 Å². The predicted molar refractivity (Wildman–Crippen MR) is 73.2 cm³/mol. The summed E-state index contributed by atoms with van der Waals surface area (Å²) >= 11 is 0. The van der Waals surface area contributed by atoms with Gasteiger partial charge in [0, 0.05) is 12.1 Å². The van der Waals surface area contributed by atoms with E-state index < -0.39 is 0 Å². The number of aryl methyl sites for hydroxylation is 1. The molecule has 2 nitrogen and oxygen atoms in total. The fourth-order valence-corrected chi connectivity index (χ4v) is 2.89. The number of hydrogen-bond acceptors (Lipinski definition) is 2. The molecular formula is C15H24N2. The third kappa shape index (κ3) is 3.08. The minimum absolute atomic E-state index is 0.496. The van der Waals surface area contributed by atoms with Crippen molar-refractivity contribution >= 4 is 0 Å². The fourth-order valence-electron chi connectivity index (χ4n) is 2.89. The molecule has 0 radical (unpaired) electrons. The molecule has 1 N–H and O–H groups in total. The molecule has 2 atom stereocenters. The van der Waals surface area contributed by atoms with Crippen molar-refractivity contribution in [3.05, 3.63) is 35.4 Å². The van der Waals surface area contributed by atoms with Crippen LogP contribution in [0.25, 0.3) is 0 Å². The van der Waals surface area contributed by atoms with Crippen LogP contribution in [0.2, 0.25) is 0 Å². The normalized spacial score (nSPS) is 22.7. The van der Waals surface area contributed by atoms with E-state index in [0.29, 0.717) is 12.1 Å². The molecule has 0 aromatic heterocycles. The molecule has 1 aliphatic heterocycles. The lowest BCUT2D eigenvalue weighted by Crippen LogP contribution is -2.44. The fraction of sp³-hybridized carbons (Fsp3) is 0.600. The van der Waals surface area contributed by atoms with Crippen molar-refractivity contribution in [2.75, 3.05) is 20.6 Å². The van der Waals surface area contributed by atoms with Crippen LogP contribution in [0.3, 0.4) is 0 Å². The van der Waals surface area contributed by atoms with Crippen LogP contribution in [-0.4, -0.2) is 31.6 Å². The second kappa shape index (κ2) is 5.65. The van der Waals surface area contributed by atoms with Gasteiger partial charge in [0.2, 0.25) is 0 Å². The number of benzene rings is 1. The highest BCUT2D eigenvalue weighted by molar-refractivity contribution is 5.26. The third-order valence-corrected chi connectivity index (χ3v) is 3.67. The number of nitrogens with zero attached hydrogens (tertiary/aromatic N) is 1. The van der Waals surface area contributed by atoms with Crippen LogP contribution >= 0.6 is 0 Å². The smallest absolute Gasteiger partial charge is 0.0496 e. The van der Waals surface area contributed by atoms with E-state index in [0.717, 1.165) is 0 Å². The van der Waals surface area contributed by atoms with Gasteiger partial charge >= 0.3 is 0 Å². The minimum Gasteiger partial charge on any atom is -0.312 e. The Morgan fingerprint density at radius 3 is 2.71 bits per heavy atom. The Labute approximate surface area is 105 Å². The zero-order chi connectivity index (χ0) is 12.3. The Morgan fingerprint density at radius 2 is 2.12 bits per heavy atom. The molecule has 0 spiro atoms. The average Bonchev–Trinajstić information content (AvgIpc) is 2.30. The van der Waals surface area contributed by atoms with Gasteiger partial charge in [0.15, 0.2) is 0 Å². The van der Waals surface area contributed by atoms with Crippen LogP contribution in [0.5, 0.6) is 0 Å². The van der Waals surface area contributed by atoms with Gasteiger partial charge in [-0.3, -0.25) is 0 Å². The Kier molecular flexibility index (Phi) is 4.19. The van der Waals surface area contributed by atoms with Crippen molar-refractivity contribution in [2.24, 2.45) is 0 Å². The second-order valence-corrected chi connectivity index (χ2v) is 5.38. The van der Waals surface area contributed by atoms with E-state index in [4.69, 9.17) is 0 Å². The molecule has 2 rings (SSSR count). The standard InChI is InChI=1S/C15H24N2/c1-12-7-6-8-13(11-12)15(17(2)3)14-9-4-5-10-16-14/h6-8,11,14-16H,4-5,9-10H2,1-3H3. The molecule has 1 fully saturated rings. The first kappa shape index (κ1) is 12.6. The summed E-state index contributed by atoms with van der Waals surface area (Å²) in [6.45, 7) is 3.34. The summed E-state index contributed by atoms with van der Waals surface area (Å²) in [4.78, 5) is 2.35. The zero-order valence-electron chi connectivity index (χ0n) is 11.2. The molecule has 17 heavy (non-hydrogen) atoms. The monoisotopic (exact) mass is 232 g/mol. The van der Waals surface area contributed by atoms with Crippen molar-refractivity contribution in [1.82, 2.24) is 10.2 Å². The number of hydrogen-bond donors (Lipinski definition) is 1. The Hall–Kier alpha value is -0.860. The maximum atomic E-state index is 3.68. The summed E-state index contributed by atoms with van der Waals surface area (Å²) < 4.78 is 0. The summed E-state index contributed by atoms with van der Waals surface area (Å²) in [6.07, 6.45) is 3.97. The molecule has 2 unspecified atom stereocenters. The SMILES string of the molecule is Cc1cccc(C(C2CCCCN2)N(C)C)c1. The molecule has 1 aliphatic rings. The molecule has 1 aromatic rings. The topological polar surface area (TPSA) is 15.3 Å².